The average Bonchev–Trinajstić information content (AvgIpc) is 3.00. The van der Waals surface area contributed by atoms with E-state index in [9.17, 15) is 9.59 Å². The number of amides is 2. The lowest BCUT2D eigenvalue weighted by Gasteiger charge is -2.24. The van der Waals surface area contributed by atoms with Gasteiger partial charge in [0, 0.05) is 35.9 Å². The Bertz CT molecular complexity index is 792. The van der Waals surface area contributed by atoms with Gasteiger partial charge in [0.05, 0.1) is 5.92 Å². The molecule has 1 aliphatic heterocycles. The first-order valence-electron chi connectivity index (χ1n) is 8.44. The number of halogens is 1. The topological polar surface area (TPSA) is 40.6 Å². The first kappa shape index (κ1) is 17.5. The molecule has 0 spiro atoms. The Morgan fingerprint density at radius 3 is 2.60 bits per heavy atom. The van der Waals surface area contributed by atoms with Crippen LogP contribution >= 0.6 is 11.6 Å². The third-order valence-corrected chi connectivity index (χ3v) is 5.06. The zero-order valence-corrected chi connectivity index (χ0v) is 15.2. The fourth-order valence-corrected chi connectivity index (χ4v) is 3.46. The molecular weight excluding hydrogens is 336 g/mol. The van der Waals surface area contributed by atoms with E-state index in [1.54, 1.807) is 15.9 Å². The average molecular weight is 357 g/mol. The molecule has 1 heterocycles. The molecule has 5 heteroatoms. The molecule has 0 aromatic heterocycles. The molecule has 1 aliphatic rings. The minimum Gasteiger partial charge on any atom is -0.312 e. The van der Waals surface area contributed by atoms with Crippen LogP contribution in [0, 0.1) is 12.8 Å². The Balaban J connectivity index is 1.82. The largest absolute Gasteiger partial charge is 0.312 e. The highest BCUT2D eigenvalue weighted by atomic mass is 35.5. The van der Waals surface area contributed by atoms with Gasteiger partial charge in [-0.15, -0.1) is 0 Å². The normalized spacial score (nSPS) is 17.0. The van der Waals surface area contributed by atoms with Crippen LogP contribution in [-0.4, -0.2) is 24.9 Å². The Morgan fingerprint density at radius 2 is 1.92 bits per heavy atom. The summed E-state index contributed by atoms with van der Waals surface area (Å²) in [5, 5.41) is 0.625. The molecule has 3 rings (SSSR count). The van der Waals surface area contributed by atoms with Crippen molar-refractivity contribution >= 4 is 34.8 Å². The summed E-state index contributed by atoms with van der Waals surface area (Å²) < 4.78 is 0. The van der Waals surface area contributed by atoms with Gasteiger partial charge in [-0.2, -0.15) is 0 Å². The number of para-hydroxylation sites is 1. The van der Waals surface area contributed by atoms with Gasteiger partial charge >= 0.3 is 0 Å². The van der Waals surface area contributed by atoms with Gasteiger partial charge < -0.3 is 9.80 Å². The van der Waals surface area contributed by atoms with Gasteiger partial charge in [0.2, 0.25) is 11.8 Å². The van der Waals surface area contributed by atoms with Gasteiger partial charge in [-0.05, 0) is 43.7 Å². The molecule has 0 saturated carbocycles. The predicted octanol–water partition coefficient (Wildman–Crippen LogP) is 4.05. The van der Waals surface area contributed by atoms with Crippen molar-refractivity contribution in [1.82, 2.24) is 0 Å². The van der Waals surface area contributed by atoms with E-state index < -0.39 is 0 Å². The number of hydrogen-bond donors (Lipinski definition) is 0. The van der Waals surface area contributed by atoms with Crippen molar-refractivity contribution < 1.29 is 9.59 Å². The summed E-state index contributed by atoms with van der Waals surface area (Å²) in [5.41, 5.74) is 2.51. The minimum absolute atomic E-state index is 0.00997. The van der Waals surface area contributed by atoms with Crippen LogP contribution in [0.3, 0.4) is 0 Å². The van der Waals surface area contributed by atoms with Crippen molar-refractivity contribution in [2.24, 2.45) is 5.92 Å². The standard InChI is InChI=1S/C20H21ClN2O2/c1-3-22(16-8-5-4-6-9-16)20(25)15-12-19(24)23(13-15)18-11-7-10-17(21)14(18)2/h4-11,15H,3,12-13H2,1-2H3. The zero-order valence-electron chi connectivity index (χ0n) is 14.4. The molecular formula is C20H21ClN2O2. The van der Waals surface area contributed by atoms with Crippen molar-refractivity contribution in [3.8, 4) is 0 Å². The third-order valence-electron chi connectivity index (χ3n) is 4.65. The molecule has 1 saturated heterocycles. The minimum atomic E-state index is -0.342. The lowest BCUT2D eigenvalue weighted by Crippen LogP contribution is -2.37. The van der Waals surface area contributed by atoms with E-state index in [1.165, 1.54) is 0 Å². The van der Waals surface area contributed by atoms with Gasteiger partial charge in [-0.3, -0.25) is 9.59 Å². The monoisotopic (exact) mass is 356 g/mol. The lowest BCUT2D eigenvalue weighted by molar-refractivity contribution is -0.124. The Morgan fingerprint density at radius 1 is 1.20 bits per heavy atom. The summed E-state index contributed by atoms with van der Waals surface area (Å²) in [6, 6.07) is 15.1. The second-order valence-electron chi connectivity index (χ2n) is 6.21. The fourth-order valence-electron chi connectivity index (χ4n) is 3.29. The molecule has 2 aromatic rings. The molecule has 2 aromatic carbocycles. The smallest absolute Gasteiger partial charge is 0.232 e. The van der Waals surface area contributed by atoms with Crippen molar-refractivity contribution in [3.63, 3.8) is 0 Å². The van der Waals surface area contributed by atoms with E-state index in [-0.39, 0.29) is 24.2 Å². The molecule has 1 fully saturated rings. The summed E-state index contributed by atoms with van der Waals surface area (Å²) in [6.45, 7) is 4.80. The first-order chi connectivity index (χ1) is 12.0. The van der Waals surface area contributed by atoms with Gasteiger partial charge in [0.15, 0.2) is 0 Å². The zero-order chi connectivity index (χ0) is 18.0. The maximum Gasteiger partial charge on any atom is 0.232 e. The molecule has 0 N–H and O–H groups in total. The van der Waals surface area contributed by atoms with Crippen LogP contribution < -0.4 is 9.80 Å². The highest BCUT2D eigenvalue weighted by molar-refractivity contribution is 6.31. The van der Waals surface area contributed by atoms with Gasteiger partial charge in [0.1, 0.15) is 0 Å². The molecule has 0 aliphatic carbocycles. The molecule has 130 valence electrons. The molecule has 0 radical (unpaired) electrons. The number of hydrogen-bond acceptors (Lipinski definition) is 2. The maximum absolute atomic E-state index is 13.0. The highest BCUT2D eigenvalue weighted by Crippen LogP contribution is 2.32. The second kappa shape index (κ2) is 7.28. The van der Waals surface area contributed by atoms with Crippen LogP contribution in [-0.2, 0) is 9.59 Å². The van der Waals surface area contributed by atoms with Crippen molar-refractivity contribution in [3.05, 3.63) is 59.1 Å². The van der Waals surface area contributed by atoms with E-state index in [1.807, 2.05) is 56.3 Å². The summed E-state index contributed by atoms with van der Waals surface area (Å²) >= 11 is 6.18. The number of carbonyl (C=O) groups excluding carboxylic acids is 2. The number of carbonyl (C=O) groups is 2. The molecule has 2 amide bonds. The van der Waals surface area contributed by atoms with Crippen molar-refractivity contribution in [1.29, 1.82) is 0 Å². The number of anilines is 2. The first-order valence-corrected chi connectivity index (χ1v) is 8.82. The molecule has 4 nitrogen and oxygen atoms in total. The van der Waals surface area contributed by atoms with Crippen LogP contribution in [0.15, 0.2) is 48.5 Å². The molecule has 25 heavy (non-hydrogen) atoms. The highest BCUT2D eigenvalue weighted by Gasteiger charge is 2.37. The van der Waals surface area contributed by atoms with E-state index in [0.29, 0.717) is 18.1 Å². The van der Waals surface area contributed by atoms with Crippen LogP contribution in [0.2, 0.25) is 5.02 Å². The lowest BCUT2D eigenvalue weighted by atomic mass is 10.1. The fraction of sp³-hybridized carbons (Fsp3) is 0.300. The second-order valence-corrected chi connectivity index (χ2v) is 6.61. The molecule has 0 bridgehead atoms. The van der Waals surface area contributed by atoms with E-state index >= 15 is 0 Å². The summed E-state index contributed by atoms with van der Waals surface area (Å²) in [7, 11) is 0. The Hall–Kier alpha value is -2.33. The van der Waals surface area contributed by atoms with E-state index in [2.05, 4.69) is 0 Å². The van der Waals surface area contributed by atoms with Crippen LogP contribution in [0.1, 0.15) is 18.9 Å². The maximum atomic E-state index is 13.0. The van der Waals surface area contributed by atoms with Crippen molar-refractivity contribution in [2.75, 3.05) is 22.9 Å². The molecule has 1 unspecified atom stereocenters. The van der Waals surface area contributed by atoms with Gasteiger partial charge in [0.25, 0.3) is 0 Å². The number of nitrogens with zero attached hydrogens (tertiary/aromatic N) is 2. The van der Waals surface area contributed by atoms with Crippen molar-refractivity contribution in [2.45, 2.75) is 20.3 Å². The number of rotatable bonds is 4. The van der Waals surface area contributed by atoms with Gasteiger partial charge in [-0.1, -0.05) is 35.9 Å². The van der Waals surface area contributed by atoms with E-state index in [4.69, 9.17) is 11.6 Å². The summed E-state index contributed by atoms with van der Waals surface area (Å²) in [4.78, 5) is 28.9. The van der Waals surface area contributed by atoms with Crippen LogP contribution in [0.5, 0.6) is 0 Å². The van der Waals surface area contributed by atoms with E-state index in [0.717, 1.165) is 16.9 Å². The Kier molecular flexibility index (Phi) is 5.09. The Labute approximate surface area is 153 Å². The SMILES string of the molecule is CCN(C(=O)C1CC(=O)N(c2cccc(Cl)c2C)C1)c1ccccc1. The third kappa shape index (κ3) is 3.40. The summed E-state index contributed by atoms with van der Waals surface area (Å²) in [6.07, 6.45) is 0.230. The van der Waals surface area contributed by atoms with Crippen LogP contribution in [0.4, 0.5) is 11.4 Å². The number of benzene rings is 2. The molecule has 1 atom stereocenters. The van der Waals surface area contributed by atoms with Crippen LogP contribution in [0.25, 0.3) is 0 Å². The quantitative estimate of drug-likeness (QED) is 0.829. The summed E-state index contributed by atoms with van der Waals surface area (Å²) in [5.74, 6) is -0.386. The van der Waals surface area contributed by atoms with Gasteiger partial charge in [-0.25, -0.2) is 0 Å². The predicted molar refractivity (Wildman–Crippen MR) is 101 cm³/mol.